The molecule has 1 amide bonds. The standard InChI is InChI=1S/C20H18N4O5/c25-18(22-9-13-10-28-15-3-1-2-4-16(15)29-13)11-7-14-17(21-8-11)24(12-5-6-12)20(27)23-19(14)26/h1-4,7-8,12-13H,5-6,9-10H2,(H,22,25)(H,23,26,27). The molecule has 3 aromatic rings. The largest absolute Gasteiger partial charge is 0.486 e. The number of rotatable bonds is 4. The SMILES string of the molecule is O=C(NCC1COc2ccccc2O1)c1cnc2c(c1)c(=O)[nH]c(=O)n2C1CC1. The summed E-state index contributed by atoms with van der Waals surface area (Å²) in [5.74, 6) is 0.926. The molecule has 1 aromatic carbocycles. The van der Waals surface area contributed by atoms with Crippen molar-refractivity contribution in [1.29, 1.82) is 0 Å². The topological polar surface area (TPSA) is 115 Å². The molecule has 3 heterocycles. The molecule has 2 aliphatic rings. The van der Waals surface area contributed by atoms with Crippen LogP contribution in [0.3, 0.4) is 0 Å². The first-order valence-electron chi connectivity index (χ1n) is 9.41. The Morgan fingerprint density at radius 3 is 2.83 bits per heavy atom. The van der Waals surface area contributed by atoms with Crippen molar-refractivity contribution in [1.82, 2.24) is 19.9 Å². The van der Waals surface area contributed by atoms with Gasteiger partial charge < -0.3 is 14.8 Å². The van der Waals surface area contributed by atoms with Crippen molar-refractivity contribution in [2.45, 2.75) is 25.0 Å². The molecule has 1 atom stereocenters. The van der Waals surface area contributed by atoms with Gasteiger partial charge in [-0.15, -0.1) is 0 Å². The summed E-state index contributed by atoms with van der Waals surface area (Å²) in [4.78, 5) is 43.4. The molecule has 1 aliphatic heterocycles. The van der Waals surface area contributed by atoms with E-state index in [9.17, 15) is 14.4 Å². The number of hydrogen-bond donors (Lipinski definition) is 2. The van der Waals surface area contributed by atoms with Crippen molar-refractivity contribution in [2.75, 3.05) is 13.2 Å². The van der Waals surface area contributed by atoms with Gasteiger partial charge in [0.1, 0.15) is 18.4 Å². The van der Waals surface area contributed by atoms with Crippen molar-refractivity contribution in [3.05, 3.63) is 62.9 Å². The Bertz CT molecular complexity index is 1230. The summed E-state index contributed by atoms with van der Waals surface area (Å²) >= 11 is 0. The molecule has 2 aromatic heterocycles. The van der Waals surface area contributed by atoms with Gasteiger partial charge >= 0.3 is 5.69 Å². The number of para-hydroxylation sites is 2. The number of nitrogens with zero attached hydrogens (tertiary/aromatic N) is 2. The number of aromatic amines is 1. The predicted molar refractivity (Wildman–Crippen MR) is 104 cm³/mol. The van der Waals surface area contributed by atoms with Crippen LogP contribution in [0, 0.1) is 0 Å². The monoisotopic (exact) mass is 394 g/mol. The van der Waals surface area contributed by atoms with Crippen LogP contribution in [-0.2, 0) is 0 Å². The molecule has 0 bridgehead atoms. The van der Waals surface area contributed by atoms with E-state index >= 15 is 0 Å². The van der Waals surface area contributed by atoms with Gasteiger partial charge in [0.2, 0.25) is 0 Å². The molecular formula is C20H18N4O5. The first-order chi connectivity index (χ1) is 14.1. The maximum Gasteiger partial charge on any atom is 0.330 e. The number of fused-ring (bicyclic) bond motifs is 2. The molecule has 9 nitrogen and oxygen atoms in total. The normalized spacial score (nSPS) is 17.9. The first kappa shape index (κ1) is 17.5. The lowest BCUT2D eigenvalue weighted by atomic mass is 10.2. The molecule has 29 heavy (non-hydrogen) atoms. The molecule has 5 rings (SSSR count). The van der Waals surface area contributed by atoms with Crippen molar-refractivity contribution in [3.63, 3.8) is 0 Å². The zero-order chi connectivity index (χ0) is 20.0. The summed E-state index contributed by atoms with van der Waals surface area (Å²) in [6, 6.07) is 8.86. The summed E-state index contributed by atoms with van der Waals surface area (Å²) in [6.45, 7) is 0.559. The summed E-state index contributed by atoms with van der Waals surface area (Å²) < 4.78 is 12.9. The minimum Gasteiger partial charge on any atom is -0.486 e. The molecule has 1 aliphatic carbocycles. The lowest BCUT2D eigenvalue weighted by Gasteiger charge is -2.26. The van der Waals surface area contributed by atoms with Gasteiger partial charge in [-0.2, -0.15) is 0 Å². The number of nitrogens with one attached hydrogen (secondary N) is 2. The third-order valence-electron chi connectivity index (χ3n) is 5.01. The maximum absolute atomic E-state index is 12.6. The summed E-state index contributed by atoms with van der Waals surface area (Å²) in [6.07, 6.45) is 2.80. The van der Waals surface area contributed by atoms with Crippen LogP contribution in [0.15, 0.2) is 46.1 Å². The number of benzene rings is 1. The number of pyridine rings is 1. The van der Waals surface area contributed by atoms with Crippen LogP contribution >= 0.6 is 0 Å². The van der Waals surface area contributed by atoms with Gasteiger partial charge in [0.15, 0.2) is 11.5 Å². The van der Waals surface area contributed by atoms with E-state index in [1.807, 2.05) is 24.3 Å². The second-order valence-electron chi connectivity index (χ2n) is 7.16. The van der Waals surface area contributed by atoms with Crippen LogP contribution in [-0.4, -0.2) is 39.7 Å². The van der Waals surface area contributed by atoms with Crippen LogP contribution in [0.1, 0.15) is 29.2 Å². The molecule has 9 heteroatoms. The number of amides is 1. The highest BCUT2D eigenvalue weighted by molar-refractivity contribution is 5.96. The Hall–Kier alpha value is -3.62. The fourth-order valence-corrected chi connectivity index (χ4v) is 3.41. The lowest BCUT2D eigenvalue weighted by molar-refractivity contribution is 0.0789. The van der Waals surface area contributed by atoms with Crippen LogP contribution < -0.4 is 26.0 Å². The Morgan fingerprint density at radius 1 is 1.24 bits per heavy atom. The molecular weight excluding hydrogens is 376 g/mol. The van der Waals surface area contributed by atoms with E-state index in [2.05, 4.69) is 15.3 Å². The van der Waals surface area contributed by atoms with E-state index in [4.69, 9.17) is 9.47 Å². The van der Waals surface area contributed by atoms with Gasteiger partial charge in [0.05, 0.1) is 17.5 Å². The molecule has 1 fully saturated rings. The minimum atomic E-state index is -0.551. The third kappa shape index (κ3) is 3.24. The molecule has 0 saturated heterocycles. The Balaban J connectivity index is 1.34. The van der Waals surface area contributed by atoms with Crippen LogP contribution in [0.5, 0.6) is 11.5 Å². The van der Waals surface area contributed by atoms with Crippen molar-refractivity contribution >= 4 is 16.9 Å². The number of hydrogen-bond acceptors (Lipinski definition) is 6. The number of H-pyrrole nitrogens is 1. The zero-order valence-corrected chi connectivity index (χ0v) is 15.4. The summed E-state index contributed by atoms with van der Waals surface area (Å²) in [7, 11) is 0. The van der Waals surface area contributed by atoms with Crippen LogP contribution in [0.25, 0.3) is 11.0 Å². The molecule has 1 saturated carbocycles. The van der Waals surface area contributed by atoms with E-state index in [1.165, 1.54) is 16.8 Å². The summed E-state index contributed by atoms with van der Waals surface area (Å²) in [5.41, 5.74) is -0.478. The van der Waals surface area contributed by atoms with E-state index in [0.717, 1.165) is 12.8 Å². The second kappa shape index (κ2) is 6.77. The van der Waals surface area contributed by atoms with Gasteiger partial charge in [0, 0.05) is 12.2 Å². The zero-order valence-electron chi connectivity index (χ0n) is 15.4. The Morgan fingerprint density at radius 2 is 2.03 bits per heavy atom. The highest BCUT2D eigenvalue weighted by Crippen LogP contribution is 2.34. The fraction of sp³-hybridized carbons (Fsp3) is 0.300. The minimum absolute atomic E-state index is 0.0559. The molecule has 0 spiro atoms. The fourth-order valence-electron chi connectivity index (χ4n) is 3.41. The van der Waals surface area contributed by atoms with Crippen molar-refractivity contribution in [3.8, 4) is 11.5 Å². The van der Waals surface area contributed by atoms with E-state index in [-0.39, 0.29) is 35.5 Å². The second-order valence-corrected chi connectivity index (χ2v) is 7.16. The molecule has 148 valence electrons. The molecule has 2 N–H and O–H groups in total. The van der Waals surface area contributed by atoms with Gasteiger partial charge in [-0.05, 0) is 31.0 Å². The third-order valence-corrected chi connectivity index (χ3v) is 5.01. The number of ether oxygens (including phenoxy) is 2. The maximum atomic E-state index is 12.6. The Labute approximate surface area is 164 Å². The predicted octanol–water partition coefficient (Wildman–Crippen LogP) is 0.989. The van der Waals surface area contributed by atoms with E-state index in [0.29, 0.717) is 23.8 Å². The average Bonchev–Trinajstić information content (AvgIpc) is 3.57. The van der Waals surface area contributed by atoms with Crippen LogP contribution in [0.4, 0.5) is 0 Å². The van der Waals surface area contributed by atoms with Gasteiger partial charge in [-0.1, -0.05) is 12.1 Å². The number of carbonyl (C=O) groups is 1. The average molecular weight is 394 g/mol. The summed E-state index contributed by atoms with van der Waals surface area (Å²) in [5, 5.41) is 3.00. The van der Waals surface area contributed by atoms with Gasteiger partial charge in [-0.25, -0.2) is 9.78 Å². The van der Waals surface area contributed by atoms with Crippen molar-refractivity contribution in [2.24, 2.45) is 0 Å². The molecule has 0 radical (unpaired) electrons. The lowest BCUT2D eigenvalue weighted by Crippen LogP contribution is -2.40. The highest BCUT2D eigenvalue weighted by atomic mass is 16.6. The molecule has 1 unspecified atom stereocenters. The van der Waals surface area contributed by atoms with Crippen LogP contribution in [0.2, 0.25) is 0 Å². The Kier molecular flexibility index (Phi) is 4.08. The first-order valence-corrected chi connectivity index (χ1v) is 9.41. The number of carbonyl (C=O) groups excluding carboxylic acids is 1. The van der Waals surface area contributed by atoms with Gasteiger partial charge in [-0.3, -0.25) is 19.1 Å². The quantitative estimate of drug-likeness (QED) is 0.682. The van der Waals surface area contributed by atoms with Crippen molar-refractivity contribution < 1.29 is 14.3 Å². The van der Waals surface area contributed by atoms with Gasteiger partial charge in [0.25, 0.3) is 11.5 Å². The highest BCUT2D eigenvalue weighted by Gasteiger charge is 2.28. The number of aromatic nitrogens is 3. The smallest absolute Gasteiger partial charge is 0.330 e. The van der Waals surface area contributed by atoms with E-state index in [1.54, 1.807) is 0 Å². The van der Waals surface area contributed by atoms with E-state index < -0.39 is 11.2 Å².